The first-order chi connectivity index (χ1) is 23.7. The van der Waals surface area contributed by atoms with Crippen LogP contribution >= 0.6 is 23.2 Å². The summed E-state index contributed by atoms with van der Waals surface area (Å²) in [4.78, 5) is 24.0. The van der Waals surface area contributed by atoms with E-state index in [4.69, 9.17) is 32.9 Å². The van der Waals surface area contributed by atoms with Gasteiger partial charge in [0.1, 0.15) is 16.6 Å². The van der Waals surface area contributed by atoms with Gasteiger partial charge in [0.05, 0.1) is 35.1 Å². The lowest BCUT2D eigenvalue weighted by Gasteiger charge is -2.52. The van der Waals surface area contributed by atoms with Gasteiger partial charge in [-0.3, -0.25) is 0 Å². The number of anilines is 1. The highest BCUT2D eigenvalue weighted by molar-refractivity contribution is 6.38. The molecule has 260 valence electrons. The summed E-state index contributed by atoms with van der Waals surface area (Å²) in [5, 5.41) is 21.8. The number of fused-ring (bicyclic) bond motifs is 4. The number of aromatic nitrogens is 4. The van der Waals surface area contributed by atoms with E-state index in [1.807, 2.05) is 69.9 Å². The van der Waals surface area contributed by atoms with Crippen molar-refractivity contribution in [3.63, 3.8) is 0 Å². The van der Waals surface area contributed by atoms with Crippen molar-refractivity contribution < 1.29 is 13.9 Å². The molecule has 2 atom stereocenters. The normalized spacial score (nSPS) is 19.3. The van der Waals surface area contributed by atoms with E-state index in [1.165, 1.54) is 0 Å². The van der Waals surface area contributed by atoms with Crippen LogP contribution in [-0.2, 0) is 4.74 Å². The van der Waals surface area contributed by atoms with E-state index in [1.54, 1.807) is 17.0 Å². The van der Waals surface area contributed by atoms with Crippen LogP contribution in [0.5, 0.6) is 0 Å². The maximum atomic E-state index is 17.2. The van der Waals surface area contributed by atoms with Gasteiger partial charge >= 0.3 is 6.09 Å². The number of ether oxygens (including phenoxy) is 1. The second-order valence-electron chi connectivity index (χ2n) is 14.9. The molecule has 1 amide bonds. The first-order valence-corrected chi connectivity index (χ1v) is 17.5. The molecular weight excluding hydrogens is 678 g/mol. The fourth-order valence-corrected chi connectivity index (χ4v) is 7.88. The van der Waals surface area contributed by atoms with Gasteiger partial charge in [-0.15, -0.1) is 5.10 Å². The third-order valence-electron chi connectivity index (χ3n) is 10.1. The number of amides is 1. The van der Waals surface area contributed by atoms with E-state index in [2.05, 4.69) is 33.1 Å². The van der Waals surface area contributed by atoms with Crippen molar-refractivity contribution in [3.05, 3.63) is 58.3 Å². The smallest absolute Gasteiger partial charge is 0.410 e. The second kappa shape index (κ2) is 12.5. The molecule has 2 fully saturated rings. The van der Waals surface area contributed by atoms with Gasteiger partial charge in [-0.1, -0.05) is 58.7 Å². The Hall–Kier alpha value is -4.24. The molecule has 13 heteroatoms. The van der Waals surface area contributed by atoms with Crippen LogP contribution < -0.4 is 4.90 Å². The molecule has 50 heavy (non-hydrogen) atoms. The van der Waals surface area contributed by atoms with Gasteiger partial charge in [-0.25, -0.2) is 18.9 Å². The highest BCUT2D eigenvalue weighted by atomic mass is 35.5. The molecule has 2 aliphatic heterocycles. The zero-order valence-electron chi connectivity index (χ0n) is 29.0. The molecule has 2 aromatic heterocycles. The molecule has 0 N–H and O–H groups in total. The number of hydrogen-bond donors (Lipinski definition) is 0. The van der Waals surface area contributed by atoms with E-state index in [-0.39, 0.29) is 34.1 Å². The number of benzene rings is 3. The van der Waals surface area contributed by atoms with Gasteiger partial charge in [0.25, 0.3) is 0 Å². The summed E-state index contributed by atoms with van der Waals surface area (Å²) in [6, 6.07) is 14.5. The predicted molar refractivity (Wildman–Crippen MR) is 195 cm³/mol. The molecule has 2 saturated heterocycles. The number of pyridine rings is 1. The zero-order valence-corrected chi connectivity index (χ0v) is 30.5. The Morgan fingerprint density at radius 2 is 1.86 bits per heavy atom. The topological polar surface area (TPSA) is 103 Å². The predicted octanol–water partition coefficient (Wildman–Crippen LogP) is 8.24. The number of halogens is 3. The summed E-state index contributed by atoms with van der Waals surface area (Å²) in [6.07, 6.45) is 0.650. The van der Waals surface area contributed by atoms with Crippen LogP contribution in [0.15, 0.2) is 42.5 Å². The highest BCUT2D eigenvalue weighted by Crippen LogP contribution is 2.45. The molecule has 0 bridgehead atoms. The molecule has 1 unspecified atom stereocenters. The minimum absolute atomic E-state index is 0.0959. The molecule has 0 radical (unpaired) electrons. The minimum Gasteiger partial charge on any atom is -0.444 e. The van der Waals surface area contributed by atoms with Crippen LogP contribution in [0, 0.1) is 17.1 Å². The summed E-state index contributed by atoms with van der Waals surface area (Å²) in [7, 11) is 4.09. The van der Waals surface area contributed by atoms with E-state index in [0.717, 1.165) is 5.39 Å². The van der Waals surface area contributed by atoms with Crippen LogP contribution in [0.25, 0.3) is 43.8 Å². The molecule has 4 heterocycles. The summed E-state index contributed by atoms with van der Waals surface area (Å²) < 4.78 is 24.7. The maximum Gasteiger partial charge on any atom is 0.410 e. The number of carbonyl (C=O) groups excluding carboxylic acids is 1. The average Bonchev–Trinajstić information content (AvgIpc) is 3.48. The lowest BCUT2D eigenvalue weighted by atomic mass is 9.90. The first-order valence-electron chi connectivity index (χ1n) is 16.7. The number of rotatable bonds is 5. The summed E-state index contributed by atoms with van der Waals surface area (Å²) in [6.45, 7) is 9.32. The molecule has 2 aliphatic rings. The number of likely N-dealkylation sites (N-methyl/N-ethyl adjacent to an activating group) is 1. The Labute approximate surface area is 300 Å². The zero-order chi connectivity index (χ0) is 35.7. The number of nitrogens with zero attached hydrogens (tertiary/aromatic N) is 8. The summed E-state index contributed by atoms with van der Waals surface area (Å²) in [5.41, 5.74) is 1.33. The molecule has 0 spiro atoms. The monoisotopic (exact) mass is 716 g/mol. The van der Waals surface area contributed by atoms with E-state index in [9.17, 15) is 10.1 Å². The van der Waals surface area contributed by atoms with Crippen LogP contribution in [0.4, 0.5) is 15.0 Å². The Morgan fingerprint density at radius 1 is 1.14 bits per heavy atom. The van der Waals surface area contributed by atoms with Crippen molar-refractivity contribution in [1.29, 1.82) is 5.26 Å². The van der Waals surface area contributed by atoms with E-state index in [0.29, 0.717) is 70.7 Å². The SMILES string of the molecule is CN(C)C1(C)CN(c2nc3c(F)c(-c4cccc5cccc(Cl)c45)c(Cl)cc3c3c2nnn3C2CCN(C(=O)OC(C)(C)C)[C@H](CC#N)C2)C1. The lowest BCUT2D eigenvalue weighted by Crippen LogP contribution is -2.67. The third-order valence-corrected chi connectivity index (χ3v) is 10.7. The summed E-state index contributed by atoms with van der Waals surface area (Å²) in [5.74, 6) is -0.0187. The van der Waals surface area contributed by atoms with Crippen LogP contribution in [-0.4, -0.2) is 86.8 Å². The summed E-state index contributed by atoms with van der Waals surface area (Å²) >= 11 is 13.7. The van der Waals surface area contributed by atoms with Gasteiger partial charge in [-0.05, 0) is 77.7 Å². The van der Waals surface area contributed by atoms with Crippen molar-refractivity contribution in [2.24, 2.45) is 0 Å². The molecule has 10 nitrogen and oxygen atoms in total. The Morgan fingerprint density at radius 3 is 2.54 bits per heavy atom. The van der Waals surface area contributed by atoms with E-state index < -0.39 is 23.6 Å². The quantitative estimate of drug-likeness (QED) is 0.179. The number of nitriles is 1. The number of carbonyl (C=O) groups is 1. The van der Waals surface area contributed by atoms with Crippen molar-refractivity contribution in [3.8, 4) is 17.2 Å². The standard InChI is InChI=1S/C37H39Cl2FN8O2/c1-36(2,3)50-35(49)47-16-14-23(17-22(47)13-15-41)48-33-25-18-27(39)29(24-11-7-9-21-10-8-12-26(38)28(21)24)30(40)31(25)42-34(32(33)43-44-48)46-19-37(4,20-46)45(5)6/h7-12,18,22-23H,13-14,16-17,19-20H2,1-6H3/t22-,23?/m1/s1. The molecule has 3 aromatic carbocycles. The fourth-order valence-electron chi connectivity index (χ4n) is 7.30. The van der Waals surface area contributed by atoms with Crippen LogP contribution in [0.3, 0.4) is 0 Å². The van der Waals surface area contributed by atoms with Crippen molar-refractivity contribution in [2.75, 3.05) is 38.6 Å². The van der Waals surface area contributed by atoms with Crippen LogP contribution in [0.1, 0.15) is 53.0 Å². The molecular formula is C37H39Cl2FN8O2. The Bertz CT molecular complexity index is 2200. The van der Waals surface area contributed by atoms with Crippen molar-refractivity contribution in [2.45, 2.75) is 70.2 Å². The van der Waals surface area contributed by atoms with E-state index >= 15 is 4.39 Å². The third kappa shape index (κ3) is 5.77. The lowest BCUT2D eigenvalue weighted by molar-refractivity contribution is 0.00557. The van der Waals surface area contributed by atoms with Crippen molar-refractivity contribution in [1.82, 2.24) is 29.8 Å². The van der Waals surface area contributed by atoms with Gasteiger partial charge in [-0.2, -0.15) is 5.26 Å². The molecule has 5 aromatic rings. The largest absolute Gasteiger partial charge is 0.444 e. The van der Waals surface area contributed by atoms with Crippen molar-refractivity contribution >= 4 is 67.8 Å². The highest BCUT2D eigenvalue weighted by Gasteiger charge is 2.43. The maximum absolute atomic E-state index is 17.2. The Balaban J connectivity index is 1.40. The fraction of sp³-hybridized carbons (Fsp3) is 0.432. The molecule has 0 aliphatic carbocycles. The van der Waals surface area contributed by atoms with Gasteiger partial charge in [0.15, 0.2) is 17.2 Å². The van der Waals surface area contributed by atoms with Gasteiger partial charge < -0.3 is 19.4 Å². The van der Waals surface area contributed by atoms with Gasteiger partial charge in [0, 0.05) is 41.0 Å². The second-order valence-corrected chi connectivity index (χ2v) is 15.7. The Kier molecular flexibility index (Phi) is 8.56. The number of piperidine rings is 1. The molecule has 0 saturated carbocycles. The first kappa shape index (κ1) is 34.2. The van der Waals surface area contributed by atoms with Crippen LogP contribution in [0.2, 0.25) is 10.0 Å². The number of likely N-dealkylation sites (tertiary alicyclic amines) is 1. The number of hydrogen-bond acceptors (Lipinski definition) is 8. The van der Waals surface area contributed by atoms with Gasteiger partial charge in [0.2, 0.25) is 0 Å². The molecule has 7 rings (SSSR count). The minimum atomic E-state index is -0.672. The average molecular weight is 718 g/mol.